The Labute approximate surface area is 240 Å². The van der Waals surface area contributed by atoms with Crippen LogP contribution < -0.4 is 14.8 Å². The summed E-state index contributed by atoms with van der Waals surface area (Å²) in [6.07, 6.45) is 18.2. The highest BCUT2D eigenvalue weighted by Gasteiger charge is 2.13. The van der Waals surface area contributed by atoms with Crippen molar-refractivity contribution in [3.63, 3.8) is 0 Å². The fourth-order valence-corrected chi connectivity index (χ4v) is 5.57. The Morgan fingerprint density at radius 3 is 2.26 bits per heavy atom. The highest BCUT2D eigenvalue weighted by atomic mass is 32.2. The van der Waals surface area contributed by atoms with Gasteiger partial charge < -0.3 is 19.7 Å². The maximum Gasteiger partial charge on any atom is 0.228 e. The molecule has 0 radical (unpaired) electrons. The summed E-state index contributed by atoms with van der Waals surface area (Å²) in [6, 6.07) is 13.8. The molecule has 6 heteroatoms. The van der Waals surface area contributed by atoms with Crippen LogP contribution >= 0.6 is 11.8 Å². The number of ether oxygens (including phenoxy) is 2. The van der Waals surface area contributed by atoms with Gasteiger partial charge in [0.05, 0.1) is 26.0 Å². The molecule has 1 aliphatic rings. The molecule has 0 aromatic heterocycles. The molecule has 1 N–H and O–H groups in total. The molecular formula is C33H48N2O3S. The molecule has 0 saturated heterocycles. The third kappa shape index (κ3) is 12.0. The molecule has 1 heterocycles. The molecule has 39 heavy (non-hydrogen) atoms. The van der Waals surface area contributed by atoms with Crippen molar-refractivity contribution in [3.8, 4) is 11.5 Å². The van der Waals surface area contributed by atoms with E-state index in [1.165, 1.54) is 70.6 Å². The zero-order chi connectivity index (χ0) is 27.5. The van der Waals surface area contributed by atoms with E-state index < -0.39 is 0 Å². The van der Waals surface area contributed by atoms with Crippen LogP contribution in [-0.4, -0.2) is 30.4 Å². The summed E-state index contributed by atoms with van der Waals surface area (Å²) in [7, 11) is 1.66. The standard InChI is InChI=1S/C33H48N2O3S/c1-3-4-5-6-7-8-9-10-11-12-13-16-22-38-32-24-28(19-20-31(32)37-2)25-33(36)34-30-18-15-14-17-29(30)26-35-21-23-39-27-35/h14-15,17-21,23-24H,3-13,16,22,25-27H2,1-2H3,(H,34,36). The smallest absolute Gasteiger partial charge is 0.228 e. The van der Waals surface area contributed by atoms with Gasteiger partial charge in [0, 0.05) is 18.4 Å². The van der Waals surface area contributed by atoms with Gasteiger partial charge in [0.25, 0.3) is 0 Å². The first-order chi connectivity index (χ1) is 19.2. The van der Waals surface area contributed by atoms with Crippen LogP contribution in [0.3, 0.4) is 0 Å². The number of thioether (sulfide) groups is 1. The first-order valence-electron chi connectivity index (χ1n) is 14.9. The molecule has 0 saturated carbocycles. The SMILES string of the molecule is CCCCCCCCCCCCCCOc1cc(CC(=O)Nc2ccccc2CN2C=CSC2)ccc1OC. The number of hydrogen-bond donors (Lipinski definition) is 1. The minimum atomic E-state index is -0.0362. The lowest BCUT2D eigenvalue weighted by atomic mass is 10.1. The van der Waals surface area contributed by atoms with Crippen LogP contribution in [-0.2, 0) is 17.8 Å². The van der Waals surface area contributed by atoms with E-state index in [2.05, 4.69) is 34.8 Å². The van der Waals surface area contributed by atoms with E-state index >= 15 is 0 Å². The van der Waals surface area contributed by atoms with Crippen molar-refractivity contribution in [3.05, 3.63) is 65.2 Å². The summed E-state index contributed by atoms with van der Waals surface area (Å²) >= 11 is 1.78. The Bertz CT molecular complexity index is 1010. The van der Waals surface area contributed by atoms with E-state index in [0.29, 0.717) is 18.1 Å². The lowest BCUT2D eigenvalue weighted by molar-refractivity contribution is -0.115. The number of carbonyl (C=O) groups excluding carboxylic acids is 1. The van der Waals surface area contributed by atoms with Crippen molar-refractivity contribution < 1.29 is 14.3 Å². The Balaban J connectivity index is 1.37. The molecule has 0 spiro atoms. The topological polar surface area (TPSA) is 50.8 Å². The maximum absolute atomic E-state index is 12.9. The van der Waals surface area contributed by atoms with Crippen LogP contribution in [0.2, 0.25) is 0 Å². The van der Waals surface area contributed by atoms with Crippen LogP contribution in [0.15, 0.2) is 54.1 Å². The molecule has 214 valence electrons. The predicted molar refractivity (Wildman–Crippen MR) is 165 cm³/mol. The third-order valence-corrected chi connectivity index (χ3v) is 7.92. The van der Waals surface area contributed by atoms with Gasteiger partial charge in [-0.15, -0.1) is 11.8 Å². The molecule has 0 fully saturated rings. The number of benzene rings is 2. The number of amides is 1. The van der Waals surface area contributed by atoms with Gasteiger partial charge in [0.1, 0.15) is 0 Å². The monoisotopic (exact) mass is 552 g/mol. The Morgan fingerprint density at radius 1 is 0.897 bits per heavy atom. The van der Waals surface area contributed by atoms with Crippen LogP contribution in [0.1, 0.15) is 95.1 Å². The van der Waals surface area contributed by atoms with Crippen molar-refractivity contribution in [1.29, 1.82) is 0 Å². The number of rotatable bonds is 20. The third-order valence-electron chi connectivity index (χ3n) is 7.12. The fraction of sp³-hybridized carbons (Fsp3) is 0.545. The second kappa shape index (κ2) is 18.6. The summed E-state index contributed by atoms with van der Waals surface area (Å²) in [5.74, 6) is 2.33. The molecule has 0 unspecified atom stereocenters. The molecule has 2 aromatic rings. The fourth-order valence-electron chi connectivity index (χ4n) is 4.86. The van der Waals surface area contributed by atoms with E-state index in [1.54, 1.807) is 18.9 Å². The van der Waals surface area contributed by atoms with Crippen LogP contribution in [0, 0.1) is 0 Å². The number of nitrogens with zero attached hydrogens (tertiary/aromatic N) is 1. The number of methoxy groups -OCH3 is 1. The highest BCUT2D eigenvalue weighted by Crippen LogP contribution is 2.29. The molecule has 0 aliphatic carbocycles. The lowest BCUT2D eigenvalue weighted by Crippen LogP contribution is -2.18. The number of nitrogens with one attached hydrogen (secondary N) is 1. The number of hydrogen-bond acceptors (Lipinski definition) is 5. The van der Waals surface area contributed by atoms with Gasteiger partial charge >= 0.3 is 0 Å². The van der Waals surface area contributed by atoms with E-state index in [9.17, 15) is 4.79 Å². The largest absolute Gasteiger partial charge is 0.493 e. The van der Waals surface area contributed by atoms with Crippen molar-refractivity contribution in [2.45, 2.75) is 96.9 Å². The number of para-hydroxylation sites is 1. The molecule has 1 aliphatic heterocycles. The summed E-state index contributed by atoms with van der Waals surface area (Å²) in [6.45, 7) is 3.72. The molecule has 0 atom stereocenters. The second-order valence-corrected chi connectivity index (χ2v) is 11.3. The van der Waals surface area contributed by atoms with Crippen molar-refractivity contribution in [1.82, 2.24) is 4.90 Å². The van der Waals surface area contributed by atoms with E-state index in [0.717, 1.165) is 35.7 Å². The average molecular weight is 553 g/mol. The normalized spacial score (nSPS) is 12.6. The summed E-state index contributed by atoms with van der Waals surface area (Å²) in [5.41, 5.74) is 2.89. The summed E-state index contributed by atoms with van der Waals surface area (Å²) in [5, 5.41) is 5.21. The number of carbonyl (C=O) groups is 1. The van der Waals surface area contributed by atoms with Crippen molar-refractivity contribution >= 4 is 23.4 Å². The predicted octanol–water partition coefficient (Wildman–Crippen LogP) is 8.93. The van der Waals surface area contributed by atoms with Gasteiger partial charge in [-0.3, -0.25) is 4.79 Å². The van der Waals surface area contributed by atoms with Crippen LogP contribution in [0.25, 0.3) is 0 Å². The first-order valence-corrected chi connectivity index (χ1v) is 15.9. The lowest BCUT2D eigenvalue weighted by Gasteiger charge is -2.18. The van der Waals surface area contributed by atoms with E-state index in [-0.39, 0.29) is 12.3 Å². The van der Waals surface area contributed by atoms with Gasteiger partial charge in [0.15, 0.2) is 11.5 Å². The van der Waals surface area contributed by atoms with Gasteiger partial charge in [-0.05, 0) is 41.2 Å². The van der Waals surface area contributed by atoms with Crippen LogP contribution in [0.5, 0.6) is 11.5 Å². The molecule has 5 nitrogen and oxygen atoms in total. The number of unbranched alkanes of at least 4 members (excludes halogenated alkanes) is 11. The molecule has 1 amide bonds. The van der Waals surface area contributed by atoms with Crippen molar-refractivity contribution in [2.75, 3.05) is 24.9 Å². The van der Waals surface area contributed by atoms with Gasteiger partial charge in [-0.25, -0.2) is 0 Å². The first kappa shape index (κ1) is 30.9. The molecule has 0 bridgehead atoms. The quantitative estimate of drug-likeness (QED) is 0.166. The van der Waals surface area contributed by atoms with Gasteiger partial charge in [-0.1, -0.05) is 102 Å². The van der Waals surface area contributed by atoms with Gasteiger partial charge in [0.2, 0.25) is 5.91 Å². The minimum Gasteiger partial charge on any atom is -0.493 e. The van der Waals surface area contributed by atoms with Gasteiger partial charge in [-0.2, -0.15) is 0 Å². The molecule has 2 aromatic carbocycles. The average Bonchev–Trinajstić information content (AvgIpc) is 3.46. The van der Waals surface area contributed by atoms with Crippen LogP contribution in [0.4, 0.5) is 5.69 Å². The summed E-state index contributed by atoms with van der Waals surface area (Å²) in [4.78, 5) is 15.1. The van der Waals surface area contributed by atoms with E-state index in [1.807, 2.05) is 36.4 Å². The Hall–Kier alpha value is -2.60. The van der Waals surface area contributed by atoms with E-state index in [4.69, 9.17) is 9.47 Å². The molecular weight excluding hydrogens is 504 g/mol. The Kier molecular flexibility index (Phi) is 14.8. The molecule has 3 rings (SSSR count). The summed E-state index contributed by atoms with van der Waals surface area (Å²) < 4.78 is 11.6. The highest BCUT2D eigenvalue weighted by molar-refractivity contribution is 8.02. The number of anilines is 1. The van der Waals surface area contributed by atoms with Crippen molar-refractivity contribution in [2.24, 2.45) is 0 Å². The zero-order valence-corrected chi connectivity index (χ0v) is 24.9. The maximum atomic E-state index is 12.9. The minimum absolute atomic E-state index is 0.0362. The Morgan fingerprint density at radius 2 is 1.59 bits per heavy atom. The zero-order valence-electron chi connectivity index (χ0n) is 24.1. The second-order valence-electron chi connectivity index (χ2n) is 10.4.